The van der Waals surface area contributed by atoms with E-state index in [1.807, 2.05) is 6.07 Å². The predicted octanol–water partition coefficient (Wildman–Crippen LogP) is 5.30. The van der Waals surface area contributed by atoms with Gasteiger partial charge in [0.05, 0.1) is 6.04 Å². The third-order valence-electron chi connectivity index (χ3n) is 4.75. The summed E-state index contributed by atoms with van der Waals surface area (Å²) in [6, 6.07) is 18.9. The fraction of sp³-hybridized carbons (Fsp3) is 0.381. The SMILES string of the molecule is Cc1cccc(N[C@@H](c2ccccc2)[C@@H]2CCCCCC2=O)c1. The van der Waals surface area contributed by atoms with Crippen LogP contribution in [-0.4, -0.2) is 5.78 Å². The van der Waals surface area contributed by atoms with Crippen molar-refractivity contribution in [2.75, 3.05) is 5.32 Å². The number of rotatable bonds is 4. The van der Waals surface area contributed by atoms with Crippen LogP contribution in [0.4, 0.5) is 5.69 Å². The summed E-state index contributed by atoms with van der Waals surface area (Å²) in [5, 5.41) is 3.64. The Hall–Kier alpha value is -2.09. The zero-order chi connectivity index (χ0) is 16.1. The minimum atomic E-state index is 0.0589. The lowest BCUT2D eigenvalue weighted by Crippen LogP contribution is -2.27. The van der Waals surface area contributed by atoms with Gasteiger partial charge < -0.3 is 5.32 Å². The topological polar surface area (TPSA) is 29.1 Å². The molecule has 2 aromatic carbocycles. The highest BCUT2D eigenvalue weighted by Gasteiger charge is 2.30. The molecule has 0 radical (unpaired) electrons. The van der Waals surface area contributed by atoms with E-state index in [2.05, 4.69) is 60.8 Å². The molecule has 0 amide bonds. The minimum absolute atomic E-state index is 0.0589. The van der Waals surface area contributed by atoms with Crippen molar-refractivity contribution in [1.82, 2.24) is 0 Å². The number of anilines is 1. The largest absolute Gasteiger partial charge is 0.377 e. The number of hydrogen-bond donors (Lipinski definition) is 1. The van der Waals surface area contributed by atoms with Crippen molar-refractivity contribution in [2.45, 2.75) is 45.1 Å². The molecule has 3 rings (SSSR count). The highest BCUT2D eigenvalue weighted by Crippen LogP contribution is 2.34. The zero-order valence-corrected chi connectivity index (χ0v) is 13.8. The number of hydrogen-bond acceptors (Lipinski definition) is 2. The lowest BCUT2D eigenvalue weighted by atomic mass is 9.86. The number of benzene rings is 2. The van der Waals surface area contributed by atoms with Crippen molar-refractivity contribution in [1.29, 1.82) is 0 Å². The van der Waals surface area contributed by atoms with Gasteiger partial charge in [0.25, 0.3) is 0 Å². The van der Waals surface area contributed by atoms with Gasteiger partial charge in [-0.05, 0) is 43.0 Å². The summed E-state index contributed by atoms with van der Waals surface area (Å²) < 4.78 is 0. The molecule has 1 fully saturated rings. The zero-order valence-electron chi connectivity index (χ0n) is 13.8. The Morgan fingerprint density at radius 2 is 1.83 bits per heavy atom. The Kier molecular flexibility index (Phi) is 5.12. The lowest BCUT2D eigenvalue weighted by Gasteiger charge is -2.28. The molecular weight excluding hydrogens is 282 g/mol. The number of carbonyl (C=O) groups excluding carboxylic acids is 1. The van der Waals surface area contributed by atoms with E-state index in [1.54, 1.807) is 0 Å². The molecule has 120 valence electrons. The van der Waals surface area contributed by atoms with Crippen LogP contribution < -0.4 is 5.32 Å². The highest BCUT2D eigenvalue weighted by molar-refractivity contribution is 5.82. The van der Waals surface area contributed by atoms with E-state index < -0.39 is 0 Å². The maximum Gasteiger partial charge on any atom is 0.138 e. The second-order valence-electron chi connectivity index (χ2n) is 6.57. The van der Waals surface area contributed by atoms with Crippen LogP contribution in [0.1, 0.15) is 49.3 Å². The maximum atomic E-state index is 12.6. The Labute approximate surface area is 138 Å². The third-order valence-corrected chi connectivity index (χ3v) is 4.75. The summed E-state index contributed by atoms with van der Waals surface area (Å²) in [5.74, 6) is 0.483. The summed E-state index contributed by atoms with van der Waals surface area (Å²) >= 11 is 0. The van der Waals surface area contributed by atoms with E-state index >= 15 is 0 Å². The van der Waals surface area contributed by atoms with Crippen LogP contribution in [-0.2, 0) is 4.79 Å². The average molecular weight is 307 g/mol. The van der Waals surface area contributed by atoms with E-state index in [4.69, 9.17) is 0 Å². The molecule has 0 aromatic heterocycles. The normalized spacial score (nSPS) is 19.9. The molecule has 1 saturated carbocycles. The van der Waals surface area contributed by atoms with Crippen LogP contribution in [0.25, 0.3) is 0 Å². The molecule has 0 spiro atoms. The molecular formula is C21H25NO. The summed E-state index contributed by atoms with van der Waals surface area (Å²) in [6.45, 7) is 2.10. The minimum Gasteiger partial charge on any atom is -0.377 e. The van der Waals surface area contributed by atoms with Crippen LogP contribution in [0, 0.1) is 12.8 Å². The number of carbonyl (C=O) groups is 1. The van der Waals surface area contributed by atoms with E-state index in [0.29, 0.717) is 5.78 Å². The molecule has 23 heavy (non-hydrogen) atoms. The van der Waals surface area contributed by atoms with Crippen LogP contribution in [0.5, 0.6) is 0 Å². The van der Waals surface area contributed by atoms with E-state index in [1.165, 1.54) is 17.5 Å². The molecule has 1 N–H and O–H groups in total. The van der Waals surface area contributed by atoms with Gasteiger partial charge >= 0.3 is 0 Å². The second-order valence-corrected chi connectivity index (χ2v) is 6.57. The number of aryl methyl sites for hydroxylation is 1. The second kappa shape index (κ2) is 7.45. The molecule has 2 heteroatoms. The van der Waals surface area contributed by atoms with Crippen molar-refractivity contribution >= 4 is 11.5 Å². The van der Waals surface area contributed by atoms with E-state index in [0.717, 1.165) is 31.4 Å². The van der Waals surface area contributed by atoms with Crippen molar-refractivity contribution in [3.63, 3.8) is 0 Å². The first kappa shape index (κ1) is 15.8. The van der Waals surface area contributed by atoms with Crippen molar-refractivity contribution < 1.29 is 4.79 Å². The van der Waals surface area contributed by atoms with Crippen LogP contribution >= 0.6 is 0 Å². The highest BCUT2D eigenvalue weighted by atomic mass is 16.1. The molecule has 0 bridgehead atoms. The molecule has 0 heterocycles. The van der Waals surface area contributed by atoms with Crippen molar-refractivity contribution in [3.8, 4) is 0 Å². The average Bonchev–Trinajstić information content (AvgIpc) is 2.78. The molecule has 2 atom stereocenters. The number of Topliss-reactive ketones (excluding diaryl/α,β-unsaturated/α-hetero) is 1. The summed E-state index contributed by atoms with van der Waals surface area (Å²) in [7, 11) is 0. The van der Waals surface area contributed by atoms with Crippen molar-refractivity contribution in [2.24, 2.45) is 5.92 Å². The standard InChI is InChI=1S/C21H25NO/c1-16-9-8-12-18(15-16)22-21(17-10-4-2-5-11-17)19-13-6-3-7-14-20(19)23/h2,4-5,8-12,15,19,21-22H,3,6-7,13-14H2,1H3/t19-,21+/m1/s1. The fourth-order valence-electron chi connectivity index (χ4n) is 3.53. The quantitative estimate of drug-likeness (QED) is 0.777. The van der Waals surface area contributed by atoms with Gasteiger partial charge in [-0.3, -0.25) is 4.79 Å². The van der Waals surface area contributed by atoms with Gasteiger partial charge in [0.15, 0.2) is 0 Å². The number of ketones is 1. The molecule has 1 aliphatic carbocycles. The molecule has 0 unspecified atom stereocenters. The maximum absolute atomic E-state index is 12.6. The monoisotopic (exact) mass is 307 g/mol. The molecule has 0 aliphatic heterocycles. The van der Waals surface area contributed by atoms with E-state index in [9.17, 15) is 4.79 Å². The molecule has 2 aromatic rings. The van der Waals surface area contributed by atoms with Gasteiger partial charge in [0.1, 0.15) is 5.78 Å². The molecule has 0 saturated heterocycles. The van der Waals surface area contributed by atoms with Gasteiger partial charge in [-0.25, -0.2) is 0 Å². The Morgan fingerprint density at radius 3 is 2.61 bits per heavy atom. The van der Waals surface area contributed by atoms with Crippen molar-refractivity contribution in [3.05, 3.63) is 65.7 Å². The summed E-state index contributed by atoms with van der Waals surface area (Å²) in [4.78, 5) is 12.6. The van der Waals surface area contributed by atoms with Crippen LogP contribution in [0.15, 0.2) is 54.6 Å². The Morgan fingerprint density at radius 1 is 1.00 bits per heavy atom. The van der Waals surface area contributed by atoms with Gasteiger partial charge in [0.2, 0.25) is 0 Å². The van der Waals surface area contributed by atoms with Crippen LogP contribution in [0.3, 0.4) is 0 Å². The first-order valence-corrected chi connectivity index (χ1v) is 8.65. The number of nitrogens with one attached hydrogen (secondary N) is 1. The van der Waals surface area contributed by atoms with Gasteiger partial charge in [-0.2, -0.15) is 0 Å². The summed E-state index contributed by atoms with van der Waals surface area (Å²) in [5.41, 5.74) is 3.53. The predicted molar refractivity (Wildman–Crippen MR) is 95.6 cm³/mol. The van der Waals surface area contributed by atoms with Gasteiger partial charge in [-0.15, -0.1) is 0 Å². The summed E-state index contributed by atoms with van der Waals surface area (Å²) in [6.07, 6.45) is 5.07. The van der Waals surface area contributed by atoms with Gasteiger partial charge in [0, 0.05) is 18.0 Å². The fourth-order valence-corrected chi connectivity index (χ4v) is 3.53. The van der Waals surface area contributed by atoms with Crippen LogP contribution in [0.2, 0.25) is 0 Å². The van der Waals surface area contributed by atoms with E-state index in [-0.39, 0.29) is 12.0 Å². The first-order valence-electron chi connectivity index (χ1n) is 8.65. The Balaban J connectivity index is 1.91. The first-order chi connectivity index (χ1) is 11.2. The Bertz CT molecular complexity index is 650. The third kappa shape index (κ3) is 4.01. The smallest absolute Gasteiger partial charge is 0.138 e. The molecule has 1 aliphatic rings. The molecule has 2 nitrogen and oxygen atoms in total. The lowest BCUT2D eigenvalue weighted by molar-refractivity contribution is -0.123. The van der Waals surface area contributed by atoms with Gasteiger partial charge in [-0.1, -0.05) is 55.3 Å².